The Bertz CT molecular complexity index is 661. The number of aromatic nitrogens is 1. The van der Waals surface area contributed by atoms with Crippen LogP contribution in [0.1, 0.15) is 36.9 Å². The van der Waals surface area contributed by atoms with E-state index in [1.54, 1.807) is 0 Å². The molecule has 0 amide bonds. The van der Waals surface area contributed by atoms with Crippen molar-refractivity contribution in [1.29, 1.82) is 0 Å². The van der Waals surface area contributed by atoms with Gasteiger partial charge in [-0.3, -0.25) is 0 Å². The molecule has 1 aromatic carbocycles. The van der Waals surface area contributed by atoms with Crippen LogP contribution in [0.5, 0.6) is 0 Å². The van der Waals surface area contributed by atoms with Crippen molar-refractivity contribution >= 4 is 11.3 Å². The minimum atomic E-state index is -4.32. The van der Waals surface area contributed by atoms with Gasteiger partial charge in [0, 0.05) is 23.5 Å². The normalized spacial score (nSPS) is 21.8. The van der Waals surface area contributed by atoms with Gasteiger partial charge in [-0.2, -0.15) is 13.2 Å². The Balaban J connectivity index is 1.59. The second-order valence-electron chi connectivity index (χ2n) is 6.11. The first-order valence-corrected chi connectivity index (χ1v) is 8.83. The highest BCUT2D eigenvalue weighted by molar-refractivity contribution is 7.13. The third-order valence-electron chi connectivity index (χ3n) is 4.28. The molecular formula is C17H19F3N2OS. The fourth-order valence-electron chi connectivity index (χ4n) is 2.85. The number of halogens is 3. The lowest BCUT2D eigenvalue weighted by atomic mass is 9.93. The highest BCUT2D eigenvalue weighted by Gasteiger charge is 2.30. The average molecular weight is 356 g/mol. The molecular weight excluding hydrogens is 337 g/mol. The molecule has 0 bridgehead atoms. The molecule has 0 radical (unpaired) electrons. The first-order chi connectivity index (χ1) is 11.4. The molecule has 0 aliphatic heterocycles. The molecule has 0 spiro atoms. The number of hydrogen-bond donors (Lipinski definition) is 2. The van der Waals surface area contributed by atoms with E-state index in [1.165, 1.54) is 23.5 Å². The number of nitrogens with one attached hydrogen (secondary N) is 1. The molecule has 130 valence electrons. The minimum absolute atomic E-state index is 0.173. The topological polar surface area (TPSA) is 45.1 Å². The maximum Gasteiger partial charge on any atom is 0.416 e. The summed E-state index contributed by atoms with van der Waals surface area (Å²) in [6, 6.07) is 5.48. The van der Waals surface area contributed by atoms with Crippen LogP contribution in [-0.2, 0) is 12.7 Å². The summed E-state index contributed by atoms with van der Waals surface area (Å²) in [5, 5.41) is 15.6. The molecule has 1 aromatic heterocycles. The summed E-state index contributed by atoms with van der Waals surface area (Å²) in [5.74, 6) is 0. The number of rotatable bonds is 4. The van der Waals surface area contributed by atoms with Crippen LogP contribution in [0.4, 0.5) is 13.2 Å². The fourth-order valence-corrected chi connectivity index (χ4v) is 3.68. The van der Waals surface area contributed by atoms with E-state index in [9.17, 15) is 18.3 Å². The van der Waals surface area contributed by atoms with Crippen molar-refractivity contribution in [2.75, 3.05) is 0 Å². The van der Waals surface area contributed by atoms with Gasteiger partial charge in [0.2, 0.25) is 0 Å². The van der Waals surface area contributed by atoms with Crippen LogP contribution in [0, 0.1) is 0 Å². The fraction of sp³-hybridized carbons (Fsp3) is 0.471. The minimum Gasteiger partial charge on any atom is -0.393 e. The zero-order valence-corrected chi connectivity index (χ0v) is 13.8. The molecule has 24 heavy (non-hydrogen) atoms. The predicted octanol–water partition coefficient (Wildman–Crippen LogP) is 4.22. The maximum atomic E-state index is 12.6. The molecule has 0 unspecified atom stereocenters. The van der Waals surface area contributed by atoms with Gasteiger partial charge in [0.15, 0.2) is 0 Å². The smallest absolute Gasteiger partial charge is 0.393 e. The van der Waals surface area contributed by atoms with E-state index in [-0.39, 0.29) is 6.10 Å². The Morgan fingerprint density at radius 3 is 2.42 bits per heavy atom. The van der Waals surface area contributed by atoms with Crippen LogP contribution in [0.15, 0.2) is 29.6 Å². The largest absolute Gasteiger partial charge is 0.416 e. The molecule has 2 aromatic rings. The molecule has 1 aliphatic carbocycles. The lowest BCUT2D eigenvalue weighted by molar-refractivity contribution is -0.137. The quantitative estimate of drug-likeness (QED) is 0.862. The van der Waals surface area contributed by atoms with Crippen molar-refractivity contribution in [3.8, 4) is 10.6 Å². The van der Waals surface area contributed by atoms with E-state index < -0.39 is 11.7 Å². The van der Waals surface area contributed by atoms with Crippen LogP contribution in [-0.4, -0.2) is 22.2 Å². The second kappa shape index (κ2) is 7.21. The highest BCUT2D eigenvalue weighted by atomic mass is 32.1. The number of alkyl halides is 3. The zero-order chi connectivity index (χ0) is 17.2. The lowest BCUT2D eigenvalue weighted by Crippen LogP contribution is -2.34. The number of aliphatic hydroxyl groups excluding tert-OH is 1. The van der Waals surface area contributed by atoms with Gasteiger partial charge in [0.05, 0.1) is 17.4 Å². The molecule has 3 nitrogen and oxygen atoms in total. The molecule has 0 saturated heterocycles. The predicted molar refractivity (Wildman–Crippen MR) is 87.7 cm³/mol. The van der Waals surface area contributed by atoms with Gasteiger partial charge in [0.25, 0.3) is 0 Å². The van der Waals surface area contributed by atoms with Crippen molar-refractivity contribution in [2.24, 2.45) is 0 Å². The molecule has 0 atom stereocenters. The van der Waals surface area contributed by atoms with Crippen molar-refractivity contribution in [1.82, 2.24) is 10.3 Å². The van der Waals surface area contributed by atoms with E-state index in [2.05, 4.69) is 10.3 Å². The third kappa shape index (κ3) is 4.34. The monoisotopic (exact) mass is 356 g/mol. The third-order valence-corrected chi connectivity index (χ3v) is 5.22. The van der Waals surface area contributed by atoms with E-state index in [1.807, 2.05) is 5.38 Å². The van der Waals surface area contributed by atoms with Crippen LogP contribution in [0.2, 0.25) is 0 Å². The first kappa shape index (κ1) is 17.4. The molecule has 3 rings (SSSR count). The van der Waals surface area contributed by atoms with Gasteiger partial charge < -0.3 is 10.4 Å². The molecule has 1 aliphatic rings. The summed E-state index contributed by atoms with van der Waals surface area (Å²) < 4.78 is 37.8. The number of aliphatic hydroxyl groups is 1. The van der Waals surface area contributed by atoms with E-state index in [4.69, 9.17) is 0 Å². The van der Waals surface area contributed by atoms with Gasteiger partial charge in [-0.15, -0.1) is 11.3 Å². The Kier molecular flexibility index (Phi) is 5.22. The van der Waals surface area contributed by atoms with Gasteiger partial charge in [0.1, 0.15) is 5.01 Å². The summed E-state index contributed by atoms with van der Waals surface area (Å²) in [5.41, 5.74) is 0.935. The molecule has 2 N–H and O–H groups in total. The van der Waals surface area contributed by atoms with Gasteiger partial charge in [-0.25, -0.2) is 4.98 Å². The summed E-state index contributed by atoms with van der Waals surface area (Å²) >= 11 is 1.43. The standard InChI is InChI=1S/C17H19F3N2OS/c18-17(19,20)12-3-1-11(2-4-12)16-22-14(10-24-16)9-21-13-5-7-15(23)8-6-13/h1-4,10,13,15,21,23H,5-9H2. The second-order valence-corrected chi connectivity index (χ2v) is 6.96. The Labute approximate surface area is 142 Å². The maximum absolute atomic E-state index is 12.6. The van der Waals surface area contributed by atoms with E-state index >= 15 is 0 Å². The van der Waals surface area contributed by atoms with Crippen LogP contribution in [0.25, 0.3) is 10.6 Å². The van der Waals surface area contributed by atoms with Gasteiger partial charge >= 0.3 is 6.18 Å². The van der Waals surface area contributed by atoms with Crippen LogP contribution < -0.4 is 5.32 Å². The van der Waals surface area contributed by atoms with Crippen LogP contribution >= 0.6 is 11.3 Å². The van der Waals surface area contributed by atoms with Gasteiger partial charge in [-0.05, 0) is 37.8 Å². The Morgan fingerprint density at radius 1 is 1.12 bits per heavy atom. The first-order valence-electron chi connectivity index (χ1n) is 7.95. The summed E-state index contributed by atoms with van der Waals surface area (Å²) in [7, 11) is 0. The van der Waals surface area contributed by atoms with Crippen LogP contribution in [0.3, 0.4) is 0 Å². The van der Waals surface area contributed by atoms with Crippen molar-refractivity contribution in [2.45, 2.75) is 50.6 Å². The number of thiazole rings is 1. The summed E-state index contributed by atoms with van der Waals surface area (Å²) in [6.07, 6.45) is -0.927. The SMILES string of the molecule is OC1CCC(NCc2csc(-c3ccc(C(F)(F)F)cc3)n2)CC1. The molecule has 1 saturated carbocycles. The van der Waals surface area contributed by atoms with Crippen molar-refractivity contribution in [3.05, 3.63) is 40.9 Å². The number of benzene rings is 1. The zero-order valence-electron chi connectivity index (χ0n) is 13.0. The van der Waals surface area contributed by atoms with Crippen molar-refractivity contribution < 1.29 is 18.3 Å². The average Bonchev–Trinajstić information content (AvgIpc) is 3.03. The molecule has 1 heterocycles. The highest BCUT2D eigenvalue weighted by Crippen LogP contribution is 2.31. The van der Waals surface area contributed by atoms with E-state index in [0.29, 0.717) is 18.2 Å². The Hall–Kier alpha value is -1.44. The van der Waals surface area contributed by atoms with Gasteiger partial charge in [-0.1, -0.05) is 12.1 Å². The Morgan fingerprint density at radius 2 is 1.79 bits per heavy atom. The van der Waals surface area contributed by atoms with E-state index in [0.717, 1.165) is 48.5 Å². The van der Waals surface area contributed by atoms with Crippen molar-refractivity contribution in [3.63, 3.8) is 0 Å². The number of nitrogens with zero attached hydrogens (tertiary/aromatic N) is 1. The summed E-state index contributed by atoms with van der Waals surface area (Å²) in [6.45, 7) is 0.637. The molecule has 7 heteroatoms. The summed E-state index contributed by atoms with van der Waals surface area (Å²) in [4.78, 5) is 4.50. The number of hydrogen-bond acceptors (Lipinski definition) is 4. The molecule has 1 fully saturated rings. The lowest BCUT2D eigenvalue weighted by Gasteiger charge is -2.25.